The van der Waals surface area contributed by atoms with Crippen LogP contribution in [-0.4, -0.2) is 16.3 Å². The van der Waals surface area contributed by atoms with E-state index in [9.17, 15) is 4.79 Å². The number of hydrogen-bond acceptors (Lipinski definition) is 5. The second kappa shape index (κ2) is 7.29. The highest BCUT2D eigenvalue weighted by atomic mass is 16.5. The molecule has 0 saturated heterocycles. The molecule has 6 nitrogen and oxygen atoms in total. The molecule has 1 aliphatic rings. The average molecular weight is 408 g/mol. The van der Waals surface area contributed by atoms with Crippen molar-refractivity contribution in [1.29, 1.82) is 5.26 Å². The largest absolute Gasteiger partial charge is 0.360 e. The smallest absolute Gasteiger partial charge is 0.250 e. The summed E-state index contributed by atoms with van der Waals surface area (Å²) in [6.45, 7) is 2.68. The molecule has 4 aromatic rings. The van der Waals surface area contributed by atoms with E-state index in [-0.39, 0.29) is 5.56 Å². The van der Waals surface area contributed by atoms with Crippen molar-refractivity contribution in [1.82, 2.24) is 9.72 Å². The first-order chi connectivity index (χ1) is 15.0. The standard InChI is InChI=1S/C25H20N4O2/c1-16-25-21-9-5-18(19-6-10-24(30)28(2)15-19)13-22(21)29(12-11-23(25)31-27-16)20-7-3-17(14-26)4-8-20/h3-10,13,15H,11-12H2,1-2H3. The first-order valence-corrected chi connectivity index (χ1v) is 10.1. The lowest BCUT2D eigenvalue weighted by Gasteiger charge is -2.26. The van der Waals surface area contributed by atoms with Crippen molar-refractivity contribution in [2.24, 2.45) is 7.05 Å². The quantitative estimate of drug-likeness (QED) is 0.485. The summed E-state index contributed by atoms with van der Waals surface area (Å²) in [6.07, 6.45) is 2.57. The number of aromatic nitrogens is 2. The van der Waals surface area contributed by atoms with Gasteiger partial charge in [-0.3, -0.25) is 4.79 Å². The van der Waals surface area contributed by atoms with Gasteiger partial charge in [-0.1, -0.05) is 17.3 Å². The molecule has 0 spiro atoms. The first kappa shape index (κ1) is 18.9. The minimum absolute atomic E-state index is 0.0394. The fourth-order valence-electron chi connectivity index (χ4n) is 4.16. The van der Waals surface area contributed by atoms with Crippen LogP contribution < -0.4 is 10.5 Å². The number of aryl methyl sites for hydroxylation is 2. The molecule has 0 aliphatic carbocycles. The number of anilines is 2. The average Bonchev–Trinajstić information content (AvgIpc) is 3.07. The Morgan fingerprint density at radius 1 is 1.06 bits per heavy atom. The second-order valence-electron chi connectivity index (χ2n) is 7.73. The Hall–Kier alpha value is -4.11. The highest BCUT2D eigenvalue weighted by Gasteiger charge is 2.26. The van der Waals surface area contributed by atoms with Gasteiger partial charge in [0, 0.05) is 54.8 Å². The van der Waals surface area contributed by atoms with Crippen LogP contribution in [0.1, 0.15) is 17.0 Å². The number of fused-ring (bicyclic) bond motifs is 3. The van der Waals surface area contributed by atoms with E-state index >= 15 is 0 Å². The van der Waals surface area contributed by atoms with E-state index in [1.807, 2.05) is 43.5 Å². The third-order valence-corrected chi connectivity index (χ3v) is 5.78. The Bertz CT molecular complexity index is 1390. The lowest BCUT2D eigenvalue weighted by atomic mass is 9.97. The number of nitrogens with zero attached hydrogens (tertiary/aromatic N) is 4. The van der Waals surface area contributed by atoms with Crippen LogP contribution in [0.2, 0.25) is 0 Å². The van der Waals surface area contributed by atoms with Gasteiger partial charge in [0.25, 0.3) is 0 Å². The van der Waals surface area contributed by atoms with Crippen molar-refractivity contribution in [2.75, 3.05) is 11.4 Å². The predicted octanol–water partition coefficient (Wildman–Crippen LogP) is 4.58. The van der Waals surface area contributed by atoms with Crippen LogP contribution in [-0.2, 0) is 13.5 Å². The Kier molecular flexibility index (Phi) is 4.45. The predicted molar refractivity (Wildman–Crippen MR) is 119 cm³/mol. The molecule has 6 heteroatoms. The van der Waals surface area contributed by atoms with Gasteiger partial charge in [0.2, 0.25) is 5.56 Å². The van der Waals surface area contributed by atoms with E-state index in [0.717, 1.165) is 58.0 Å². The minimum atomic E-state index is -0.0394. The zero-order valence-electron chi connectivity index (χ0n) is 17.3. The number of hydrogen-bond donors (Lipinski definition) is 0. The summed E-state index contributed by atoms with van der Waals surface area (Å²) in [5.41, 5.74) is 7.60. The molecular formula is C25H20N4O2. The van der Waals surface area contributed by atoms with Crippen LogP contribution >= 0.6 is 0 Å². The van der Waals surface area contributed by atoms with Crippen molar-refractivity contribution in [3.8, 4) is 28.3 Å². The number of pyridine rings is 1. The van der Waals surface area contributed by atoms with E-state index in [1.165, 1.54) is 0 Å². The molecule has 0 saturated carbocycles. The highest BCUT2D eigenvalue weighted by molar-refractivity contribution is 5.88. The molecule has 0 bridgehead atoms. The van der Waals surface area contributed by atoms with Crippen LogP contribution in [0.25, 0.3) is 22.3 Å². The van der Waals surface area contributed by atoms with E-state index in [4.69, 9.17) is 9.78 Å². The Labute approximate surface area is 179 Å². The number of benzene rings is 2. The number of nitriles is 1. The zero-order valence-corrected chi connectivity index (χ0v) is 17.3. The van der Waals surface area contributed by atoms with Crippen molar-refractivity contribution >= 4 is 11.4 Å². The van der Waals surface area contributed by atoms with Gasteiger partial charge < -0.3 is 14.0 Å². The van der Waals surface area contributed by atoms with Crippen molar-refractivity contribution in [3.05, 3.63) is 88.2 Å². The molecule has 0 N–H and O–H groups in total. The normalized spacial score (nSPS) is 12.6. The van der Waals surface area contributed by atoms with Gasteiger partial charge in [0.1, 0.15) is 5.76 Å². The summed E-state index contributed by atoms with van der Waals surface area (Å²) in [6, 6.07) is 19.5. The van der Waals surface area contributed by atoms with Gasteiger partial charge in [-0.15, -0.1) is 0 Å². The van der Waals surface area contributed by atoms with Gasteiger partial charge in [-0.2, -0.15) is 5.26 Å². The molecule has 152 valence electrons. The molecule has 0 atom stereocenters. The summed E-state index contributed by atoms with van der Waals surface area (Å²) in [5.74, 6) is 0.879. The molecule has 3 heterocycles. The van der Waals surface area contributed by atoms with E-state index in [0.29, 0.717) is 5.56 Å². The molecule has 5 rings (SSSR count). The lowest BCUT2D eigenvalue weighted by molar-refractivity contribution is 0.381. The van der Waals surface area contributed by atoms with E-state index < -0.39 is 0 Å². The van der Waals surface area contributed by atoms with Crippen LogP contribution in [0.5, 0.6) is 0 Å². The molecule has 0 radical (unpaired) electrons. The lowest BCUT2D eigenvalue weighted by Crippen LogP contribution is -2.19. The Balaban J connectivity index is 1.71. The molecule has 2 aromatic heterocycles. The number of rotatable bonds is 2. The topological polar surface area (TPSA) is 75.1 Å². The summed E-state index contributed by atoms with van der Waals surface area (Å²) >= 11 is 0. The third kappa shape index (κ3) is 3.21. The Morgan fingerprint density at radius 2 is 1.84 bits per heavy atom. The van der Waals surface area contributed by atoms with Gasteiger partial charge in [-0.05, 0) is 54.4 Å². The van der Waals surface area contributed by atoms with Crippen LogP contribution in [0.15, 0.2) is 70.1 Å². The maximum Gasteiger partial charge on any atom is 0.250 e. The molecule has 0 fully saturated rings. The van der Waals surface area contributed by atoms with Crippen molar-refractivity contribution in [3.63, 3.8) is 0 Å². The SMILES string of the molecule is Cc1noc2c1-c1ccc(-c3ccc(=O)n(C)c3)cc1N(c1ccc(C#N)cc1)CC2. The van der Waals surface area contributed by atoms with Crippen LogP contribution in [0, 0.1) is 18.3 Å². The maximum absolute atomic E-state index is 11.8. The molecule has 0 unspecified atom stereocenters. The molecular weight excluding hydrogens is 388 g/mol. The Morgan fingerprint density at radius 3 is 2.58 bits per heavy atom. The summed E-state index contributed by atoms with van der Waals surface area (Å²) in [5, 5.41) is 13.4. The van der Waals surface area contributed by atoms with Crippen molar-refractivity contribution < 1.29 is 4.52 Å². The van der Waals surface area contributed by atoms with Gasteiger partial charge in [0.15, 0.2) is 0 Å². The fraction of sp³-hybridized carbons (Fsp3) is 0.160. The summed E-state index contributed by atoms with van der Waals surface area (Å²) < 4.78 is 7.22. The molecule has 0 amide bonds. The van der Waals surface area contributed by atoms with E-state index in [1.54, 1.807) is 17.7 Å². The molecule has 31 heavy (non-hydrogen) atoms. The monoisotopic (exact) mass is 408 g/mol. The fourth-order valence-corrected chi connectivity index (χ4v) is 4.16. The summed E-state index contributed by atoms with van der Waals surface area (Å²) in [4.78, 5) is 14.1. The zero-order chi connectivity index (χ0) is 21.5. The molecule has 2 aromatic carbocycles. The van der Waals surface area contributed by atoms with Gasteiger partial charge in [-0.25, -0.2) is 0 Å². The van der Waals surface area contributed by atoms with Crippen LogP contribution in [0.3, 0.4) is 0 Å². The highest BCUT2D eigenvalue weighted by Crippen LogP contribution is 2.43. The van der Waals surface area contributed by atoms with Crippen LogP contribution in [0.4, 0.5) is 11.4 Å². The third-order valence-electron chi connectivity index (χ3n) is 5.78. The maximum atomic E-state index is 11.8. The second-order valence-corrected chi connectivity index (χ2v) is 7.73. The first-order valence-electron chi connectivity index (χ1n) is 10.1. The minimum Gasteiger partial charge on any atom is -0.360 e. The van der Waals surface area contributed by atoms with E-state index in [2.05, 4.69) is 34.3 Å². The molecule has 1 aliphatic heterocycles. The van der Waals surface area contributed by atoms with Gasteiger partial charge in [0.05, 0.1) is 17.3 Å². The van der Waals surface area contributed by atoms with Gasteiger partial charge >= 0.3 is 0 Å². The van der Waals surface area contributed by atoms with Crippen molar-refractivity contribution in [2.45, 2.75) is 13.3 Å². The summed E-state index contributed by atoms with van der Waals surface area (Å²) in [7, 11) is 1.76.